The summed E-state index contributed by atoms with van der Waals surface area (Å²) in [4.78, 5) is 17.1. The summed E-state index contributed by atoms with van der Waals surface area (Å²) < 4.78 is 2.71. The minimum Gasteiger partial charge on any atom is -0.369 e. The van der Waals surface area contributed by atoms with Crippen molar-refractivity contribution in [1.82, 2.24) is 24.5 Å². The number of anilines is 1. The molecule has 0 radical (unpaired) electrons. The van der Waals surface area contributed by atoms with E-state index in [9.17, 15) is 0 Å². The van der Waals surface area contributed by atoms with Gasteiger partial charge in [-0.25, -0.2) is 19.9 Å². The molecule has 6 nitrogen and oxygen atoms in total. The van der Waals surface area contributed by atoms with Crippen LogP contribution in [0.25, 0.3) is 11.2 Å². The molecule has 3 heterocycles. The van der Waals surface area contributed by atoms with Crippen molar-refractivity contribution in [3.05, 3.63) is 40.5 Å². The van der Waals surface area contributed by atoms with E-state index in [1.54, 1.807) is 12.4 Å². The minimum absolute atomic E-state index is 0.428. The van der Waals surface area contributed by atoms with Gasteiger partial charge in [0.05, 0.1) is 12.2 Å². The van der Waals surface area contributed by atoms with E-state index in [2.05, 4.69) is 35.9 Å². The Bertz CT molecular complexity index is 751. The molecule has 2 N–H and O–H groups in total. The number of fused-ring (bicyclic) bond motifs is 1. The molecule has 19 heavy (non-hydrogen) atoms. The third-order valence-corrected chi connectivity index (χ3v) is 3.17. The standard InChI is InChI=1S/C12H11BrN6/c1-7-15-3-2-9(17-7)6-19-11-10(18-12(19)14)4-8(13)5-16-11/h2-5H,6H2,1H3,(H2,14,18). The Balaban J connectivity index is 2.07. The van der Waals surface area contributed by atoms with Gasteiger partial charge in [-0.15, -0.1) is 0 Å². The maximum absolute atomic E-state index is 5.94. The number of nitrogen functional groups attached to an aromatic ring is 1. The molecule has 0 unspecified atom stereocenters. The fourth-order valence-corrected chi connectivity index (χ4v) is 2.23. The first-order valence-electron chi connectivity index (χ1n) is 5.69. The van der Waals surface area contributed by atoms with E-state index in [-0.39, 0.29) is 0 Å². The zero-order valence-corrected chi connectivity index (χ0v) is 11.8. The van der Waals surface area contributed by atoms with Crippen LogP contribution in [-0.2, 0) is 6.54 Å². The normalized spacial score (nSPS) is 11.1. The number of nitrogens with two attached hydrogens (primary N) is 1. The highest BCUT2D eigenvalue weighted by Crippen LogP contribution is 2.20. The van der Waals surface area contributed by atoms with Crippen LogP contribution < -0.4 is 5.73 Å². The Morgan fingerprint density at radius 2 is 2.16 bits per heavy atom. The third-order valence-electron chi connectivity index (χ3n) is 2.73. The largest absolute Gasteiger partial charge is 0.369 e. The second kappa shape index (κ2) is 4.58. The summed E-state index contributed by atoms with van der Waals surface area (Å²) in [5.74, 6) is 1.16. The summed E-state index contributed by atoms with van der Waals surface area (Å²) in [6.45, 7) is 2.38. The molecule has 0 aromatic carbocycles. The molecule has 3 rings (SSSR count). The molecule has 0 spiro atoms. The van der Waals surface area contributed by atoms with Gasteiger partial charge < -0.3 is 5.73 Å². The molecule has 0 atom stereocenters. The summed E-state index contributed by atoms with van der Waals surface area (Å²) in [6.07, 6.45) is 3.46. The van der Waals surface area contributed by atoms with E-state index in [0.717, 1.165) is 27.2 Å². The van der Waals surface area contributed by atoms with Crippen molar-refractivity contribution in [2.75, 3.05) is 5.73 Å². The van der Waals surface area contributed by atoms with Crippen LogP contribution in [0.2, 0.25) is 0 Å². The molecule has 0 aliphatic carbocycles. The van der Waals surface area contributed by atoms with Crippen molar-refractivity contribution in [3.8, 4) is 0 Å². The molecule has 3 aromatic rings. The summed E-state index contributed by atoms with van der Waals surface area (Å²) >= 11 is 3.37. The molecule has 0 aliphatic heterocycles. The van der Waals surface area contributed by atoms with Crippen molar-refractivity contribution in [1.29, 1.82) is 0 Å². The van der Waals surface area contributed by atoms with Gasteiger partial charge in [0, 0.05) is 16.9 Å². The molecule has 0 amide bonds. The Morgan fingerprint density at radius 3 is 2.95 bits per heavy atom. The quantitative estimate of drug-likeness (QED) is 0.780. The second-order valence-electron chi connectivity index (χ2n) is 4.15. The number of halogens is 1. The Morgan fingerprint density at radius 1 is 1.32 bits per heavy atom. The molecule has 0 saturated carbocycles. The minimum atomic E-state index is 0.428. The molecule has 7 heteroatoms. The molecule has 0 bridgehead atoms. The van der Waals surface area contributed by atoms with Crippen LogP contribution in [0.15, 0.2) is 29.0 Å². The summed E-state index contributed by atoms with van der Waals surface area (Å²) in [5, 5.41) is 0. The van der Waals surface area contributed by atoms with E-state index in [4.69, 9.17) is 5.73 Å². The smallest absolute Gasteiger partial charge is 0.202 e. The Labute approximate surface area is 117 Å². The van der Waals surface area contributed by atoms with Crippen LogP contribution in [-0.4, -0.2) is 24.5 Å². The number of pyridine rings is 1. The van der Waals surface area contributed by atoms with Gasteiger partial charge in [-0.1, -0.05) is 0 Å². The first-order valence-corrected chi connectivity index (χ1v) is 6.48. The van der Waals surface area contributed by atoms with Crippen LogP contribution in [0, 0.1) is 6.92 Å². The topological polar surface area (TPSA) is 82.5 Å². The van der Waals surface area contributed by atoms with Crippen LogP contribution in [0.5, 0.6) is 0 Å². The average molecular weight is 319 g/mol. The molecule has 3 aromatic heterocycles. The molecule has 0 saturated heterocycles. The van der Waals surface area contributed by atoms with Gasteiger partial charge >= 0.3 is 0 Å². The summed E-state index contributed by atoms with van der Waals surface area (Å²) in [7, 11) is 0. The lowest BCUT2D eigenvalue weighted by atomic mass is 10.4. The van der Waals surface area contributed by atoms with Gasteiger partial charge in [0.2, 0.25) is 5.95 Å². The average Bonchev–Trinajstić information content (AvgIpc) is 2.65. The number of nitrogens with zero attached hydrogens (tertiary/aromatic N) is 5. The van der Waals surface area contributed by atoms with Gasteiger partial charge in [-0.3, -0.25) is 4.57 Å². The number of rotatable bonds is 2. The van der Waals surface area contributed by atoms with Crippen molar-refractivity contribution >= 4 is 33.0 Å². The fraction of sp³-hybridized carbons (Fsp3) is 0.167. The highest BCUT2D eigenvalue weighted by Gasteiger charge is 2.10. The monoisotopic (exact) mass is 318 g/mol. The zero-order chi connectivity index (χ0) is 13.4. The SMILES string of the molecule is Cc1nccc(Cn2c(N)nc3cc(Br)cnc32)n1. The molecule has 0 fully saturated rings. The van der Waals surface area contributed by atoms with E-state index < -0.39 is 0 Å². The van der Waals surface area contributed by atoms with Gasteiger partial charge in [0.1, 0.15) is 11.3 Å². The number of hydrogen-bond donors (Lipinski definition) is 1. The Kier molecular flexibility index (Phi) is 2.90. The van der Waals surface area contributed by atoms with Crippen LogP contribution in [0.3, 0.4) is 0 Å². The predicted octanol–water partition coefficient (Wildman–Crippen LogP) is 1.92. The number of aromatic nitrogens is 5. The highest BCUT2D eigenvalue weighted by molar-refractivity contribution is 9.10. The fourth-order valence-electron chi connectivity index (χ4n) is 1.91. The molecule has 96 valence electrons. The van der Waals surface area contributed by atoms with E-state index >= 15 is 0 Å². The molecular formula is C12H11BrN6. The van der Waals surface area contributed by atoms with Gasteiger partial charge in [-0.05, 0) is 35.0 Å². The van der Waals surface area contributed by atoms with Crippen LogP contribution in [0.4, 0.5) is 5.95 Å². The van der Waals surface area contributed by atoms with Crippen LogP contribution >= 0.6 is 15.9 Å². The van der Waals surface area contributed by atoms with Crippen molar-refractivity contribution in [2.45, 2.75) is 13.5 Å². The van der Waals surface area contributed by atoms with Gasteiger partial charge in [0.15, 0.2) is 5.65 Å². The van der Waals surface area contributed by atoms with Crippen molar-refractivity contribution in [2.24, 2.45) is 0 Å². The van der Waals surface area contributed by atoms with E-state index in [0.29, 0.717) is 12.5 Å². The van der Waals surface area contributed by atoms with E-state index in [1.807, 2.05) is 23.6 Å². The highest BCUT2D eigenvalue weighted by atomic mass is 79.9. The lowest BCUT2D eigenvalue weighted by Crippen LogP contribution is -2.07. The maximum atomic E-state index is 5.94. The number of hydrogen-bond acceptors (Lipinski definition) is 5. The van der Waals surface area contributed by atoms with Gasteiger partial charge in [0.25, 0.3) is 0 Å². The van der Waals surface area contributed by atoms with Crippen LogP contribution in [0.1, 0.15) is 11.5 Å². The third kappa shape index (κ3) is 2.28. The second-order valence-corrected chi connectivity index (χ2v) is 5.06. The lowest BCUT2D eigenvalue weighted by molar-refractivity contribution is 0.787. The van der Waals surface area contributed by atoms with Crippen molar-refractivity contribution < 1.29 is 0 Å². The first kappa shape index (κ1) is 12.0. The summed E-state index contributed by atoms with van der Waals surface area (Å²) in [6, 6.07) is 3.75. The maximum Gasteiger partial charge on any atom is 0.202 e. The first-order chi connectivity index (χ1) is 9.13. The molecular weight excluding hydrogens is 308 g/mol. The Hall–Kier alpha value is -2.02. The van der Waals surface area contributed by atoms with Gasteiger partial charge in [-0.2, -0.15) is 0 Å². The molecule has 0 aliphatic rings. The summed E-state index contributed by atoms with van der Waals surface area (Å²) in [5.41, 5.74) is 8.33. The van der Waals surface area contributed by atoms with E-state index in [1.165, 1.54) is 0 Å². The zero-order valence-electron chi connectivity index (χ0n) is 10.2. The number of imidazole rings is 1. The lowest BCUT2D eigenvalue weighted by Gasteiger charge is -2.05. The predicted molar refractivity (Wildman–Crippen MR) is 75.5 cm³/mol. The van der Waals surface area contributed by atoms with Crippen molar-refractivity contribution in [3.63, 3.8) is 0 Å². The number of aryl methyl sites for hydroxylation is 1.